The number of benzene rings is 4. The molecule has 7 heterocycles. The van der Waals surface area contributed by atoms with Crippen molar-refractivity contribution in [2.24, 2.45) is 0 Å². The van der Waals surface area contributed by atoms with Gasteiger partial charge < -0.3 is 145 Å². The summed E-state index contributed by atoms with van der Waals surface area (Å²) in [6.07, 6.45) is 13.2. The summed E-state index contributed by atoms with van der Waals surface area (Å²) >= 11 is 3.63. The Morgan fingerprint density at radius 2 is 1.09 bits per heavy atom. The van der Waals surface area contributed by atoms with Crippen LogP contribution in [0.3, 0.4) is 0 Å². The molecule has 0 radical (unpaired) electrons. The maximum atomic E-state index is 12.9. The zero-order chi connectivity index (χ0) is 84.3. The van der Waals surface area contributed by atoms with Gasteiger partial charge in [0.2, 0.25) is 24.7 Å². The number of rotatable bonds is 54. The SMILES string of the molecule is CN1C(=Cc2cc[n+](CCC[N+](C)(C)CC(C[N+](C)(C)CCC[n+]3ccc(C=C4Sc5ccccc5N4C)c4ccccc43)OCCCCCC(=O)NCCOCCOCCOCCOCCOCCOCCOCCNP(=O)([O-])OP(=O)([O-])OP(=O)([O-])OC[C@H]3O[C@@H](n4cnc5c(N)ncnc54)CC3O)c3ccccc23)Sc2ccccc21.[I-].[I-]. The zero-order valence-electron chi connectivity index (χ0n) is 69.3. The van der Waals surface area contributed by atoms with Crippen molar-refractivity contribution in [2.45, 2.75) is 92.4 Å². The highest BCUT2D eigenvalue weighted by Crippen LogP contribution is 2.61. The summed E-state index contributed by atoms with van der Waals surface area (Å²) in [7, 11) is -3.58. The Bertz CT molecular complexity index is 4670. The van der Waals surface area contributed by atoms with Crippen molar-refractivity contribution in [3.05, 3.63) is 155 Å². The van der Waals surface area contributed by atoms with Crippen molar-refractivity contribution >= 4 is 115 Å². The molecule has 1 saturated heterocycles. The first-order valence-electron chi connectivity index (χ1n) is 40.1. The first-order chi connectivity index (χ1) is 57.3. The van der Waals surface area contributed by atoms with Gasteiger partial charge in [0.15, 0.2) is 43.1 Å². The number of hydrogen-bond donors (Lipinski definition) is 4. The first kappa shape index (κ1) is 99.5. The molecule has 0 saturated carbocycles. The average Bonchev–Trinajstić information content (AvgIpc) is 1.18. The molecule has 0 spiro atoms. The van der Waals surface area contributed by atoms with E-state index < -0.39 is 55.0 Å². The topological polar surface area (TPSA) is 376 Å². The fourth-order valence-corrected chi connectivity index (χ4v) is 20.0. The number of aliphatic hydroxyl groups is 1. The number of aliphatic hydroxyl groups excluding tert-OH is 1. The number of halogens is 2. The van der Waals surface area contributed by atoms with Gasteiger partial charge in [-0.15, -0.1) is 0 Å². The molecule has 40 heteroatoms. The van der Waals surface area contributed by atoms with Crippen LogP contribution >= 0.6 is 46.9 Å². The Labute approximate surface area is 750 Å². The van der Waals surface area contributed by atoms with Crippen molar-refractivity contribution in [1.82, 2.24) is 29.9 Å². The minimum atomic E-state index is -6.06. The molecule has 8 aromatic rings. The second-order valence-electron chi connectivity index (χ2n) is 30.3. The largest absolute Gasteiger partial charge is 1.00 e. The Balaban J connectivity index is 0.00000832. The van der Waals surface area contributed by atoms with Gasteiger partial charge in [0.25, 0.3) is 15.6 Å². The van der Waals surface area contributed by atoms with Gasteiger partial charge in [0.1, 0.15) is 37.3 Å². The van der Waals surface area contributed by atoms with E-state index in [0.717, 1.165) is 80.3 Å². The Hall–Kier alpha value is -5.31. The molecule has 1 amide bonds. The number of quaternary nitrogens is 2. The number of ether oxygens (including phenoxy) is 9. The number of carbonyl (C=O) groups excluding carboxylic acids is 1. The second-order valence-corrected chi connectivity index (χ2v) is 37.1. The normalized spacial score (nSPS) is 17.9. The highest BCUT2D eigenvalue weighted by molar-refractivity contribution is 8.04. The minimum absolute atomic E-state index is 0. The van der Waals surface area contributed by atoms with Crippen LogP contribution in [-0.2, 0) is 87.4 Å². The van der Waals surface area contributed by atoms with Gasteiger partial charge in [-0.2, -0.15) is 9.13 Å². The van der Waals surface area contributed by atoms with Crippen LogP contribution in [-0.4, -0.2) is 245 Å². The van der Waals surface area contributed by atoms with E-state index in [1.54, 1.807) is 5.09 Å². The minimum Gasteiger partial charge on any atom is -1.00 e. The first-order valence-corrected chi connectivity index (χ1v) is 46.2. The summed E-state index contributed by atoms with van der Waals surface area (Å²) in [5.74, 6) is 0.106. The molecule has 5 N–H and O–H groups in total. The molecule has 4 unspecified atom stereocenters. The van der Waals surface area contributed by atoms with Gasteiger partial charge in [-0.25, -0.2) is 19.3 Å². The third kappa shape index (κ3) is 31.3. The number of nitrogens with two attached hydrogens (primary N) is 1. The number of phosphoric ester groups is 1. The summed E-state index contributed by atoms with van der Waals surface area (Å²) < 4.78 is 108. The van der Waals surface area contributed by atoms with E-state index in [1.165, 1.54) is 81.4 Å². The number of carbonyl (C=O) groups is 1. The van der Waals surface area contributed by atoms with Crippen molar-refractivity contribution in [2.75, 3.05) is 203 Å². The lowest BCUT2D eigenvalue weighted by molar-refractivity contribution is -0.916. The molecular weight excluding hydrogens is 1890 g/mol. The number of likely N-dealkylation sites (N-methyl/N-ethyl adjacent to an activating group) is 2. The quantitative estimate of drug-likeness (QED) is 0.0138. The molecule has 3 aliphatic heterocycles. The maximum absolute atomic E-state index is 12.9. The number of nitrogens with one attached hydrogen (secondary N) is 2. The van der Waals surface area contributed by atoms with E-state index >= 15 is 0 Å². The molecule has 3 aliphatic rings. The molecule has 1 fully saturated rings. The second kappa shape index (κ2) is 49.1. The number of nitrogens with zero attached hydrogens (tertiary/aromatic N) is 10. The predicted octanol–water partition coefficient (Wildman–Crippen LogP) is 1.58. The number of aromatic nitrogens is 6. The lowest BCUT2D eigenvalue weighted by atomic mass is 10.1. The third-order valence-electron chi connectivity index (χ3n) is 20.2. The number of para-hydroxylation sites is 4. The van der Waals surface area contributed by atoms with Gasteiger partial charge in [-0.3, -0.25) is 32.5 Å². The van der Waals surface area contributed by atoms with Crippen LogP contribution in [0, 0.1) is 0 Å². The van der Waals surface area contributed by atoms with Crippen molar-refractivity contribution in [3.8, 4) is 0 Å². The summed E-state index contributed by atoms with van der Waals surface area (Å²) in [5.41, 5.74) is 13.7. The van der Waals surface area contributed by atoms with Crippen LogP contribution in [0.5, 0.6) is 0 Å². The number of phosphoric acid groups is 2. The summed E-state index contributed by atoms with van der Waals surface area (Å²) in [6, 6.07) is 39.2. The van der Waals surface area contributed by atoms with E-state index in [2.05, 4.69) is 228 Å². The Morgan fingerprint density at radius 3 is 1.60 bits per heavy atom. The van der Waals surface area contributed by atoms with Gasteiger partial charge in [0.05, 0.1) is 198 Å². The summed E-state index contributed by atoms with van der Waals surface area (Å²) in [4.78, 5) is 68.8. The molecule has 664 valence electrons. The highest BCUT2D eigenvalue weighted by Gasteiger charge is 2.38. The molecule has 121 heavy (non-hydrogen) atoms. The van der Waals surface area contributed by atoms with Crippen LogP contribution in [0.4, 0.5) is 17.2 Å². The third-order valence-corrected chi connectivity index (χ3v) is 26.9. The van der Waals surface area contributed by atoms with E-state index in [-0.39, 0.29) is 116 Å². The molecule has 4 aromatic carbocycles. The van der Waals surface area contributed by atoms with Gasteiger partial charge in [-0.1, -0.05) is 78.5 Å². The number of amides is 1. The number of unbranched alkanes of at least 4 members (excludes halogenated alkanes) is 2. The molecule has 33 nitrogen and oxygen atoms in total. The molecule has 0 bridgehead atoms. The monoisotopic (exact) mass is 2000 g/mol. The average molecular weight is 2000 g/mol. The number of imidazole rings is 1. The molecule has 0 aliphatic carbocycles. The fourth-order valence-electron chi connectivity index (χ4n) is 14.2. The number of hydrogen-bond acceptors (Lipinski definition) is 28. The van der Waals surface area contributed by atoms with Crippen molar-refractivity contribution in [3.63, 3.8) is 0 Å². The lowest BCUT2D eigenvalue weighted by Crippen LogP contribution is -3.00. The number of aryl methyl sites for hydroxylation is 2. The van der Waals surface area contributed by atoms with Crippen LogP contribution in [0.2, 0.25) is 0 Å². The van der Waals surface area contributed by atoms with Crippen LogP contribution < -0.4 is 97.7 Å². The van der Waals surface area contributed by atoms with Crippen molar-refractivity contribution < 1.29 is 160 Å². The molecule has 6 atom stereocenters. The van der Waals surface area contributed by atoms with E-state index in [1.807, 2.05) is 23.5 Å². The zero-order valence-corrected chi connectivity index (χ0v) is 77.9. The number of nitrogen functional groups attached to an aromatic ring is 1. The fraction of sp³-hybridized carbons (Fsp3) is 0.506. The van der Waals surface area contributed by atoms with Gasteiger partial charge in [0, 0.05) is 80.7 Å². The predicted molar refractivity (Wildman–Crippen MR) is 449 cm³/mol. The smallest absolute Gasteiger partial charge is 0.280 e. The van der Waals surface area contributed by atoms with Crippen molar-refractivity contribution in [1.29, 1.82) is 0 Å². The number of thioether (sulfide) groups is 2. The molecule has 4 aromatic heterocycles. The highest BCUT2D eigenvalue weighted by atomic mass is 127. The Morgan fingerprint density at radius 1 is 0.612 bits per heavy atom. The maximum Gasteiger partial charge on any atom is 0.280 e. The van der Waals surface area contributed by atoms with Crippen LogP contribution in [0.25, 0.3) is 45.1 Å². The number of fused-ring (bicyclic) bond motifs is 5. The summed E-state index contributed by atoms with van der Waals surface area (Å²) in [5, 5.41) is 20.2. The van der Waals surface area contributed by atoms with Crippen LogP contribution in [0.1, 0.15) is 62.3 Å². The molecular formula is C81H113I2N13O20P3S2-. The van der Waals surface area contributed by atoms with E-state index in [0.29, 0.717) is 79.0 Å². The van der Waals surface area contributed by atoms with Gasteiger partial charge >= 0.3 is 0 Å². The van der Waals surface area contributed by atoms with Crippen LogP contribution in [0.15, 0.2) is 154 Å². The van der Waals surface area contributed by atoms with E-state index in [4.69, 9.17) is 48.4 Å². The summed E-state index contributed by atoms with van der Waals surface area (Å²) in [6.45, 7) is 9.01. The molecule has 11 rings (SSSR count). The number of anilines is 3. The standard InChI is InChI=1S/C81H112N13O20P3S2.2HI/c1-88-69-24-13-15-26-73(69)118-77(88)54-62-29-35-90(67-22-11-9-20-65(62)67)33-18-37-93(3,4)57-64(58-94(5,6)38-19-34-91-36-30-63(66-21-10-12-23-68(66)91)55-78-89(2)70-25-14-16-27-74(70)119-78)110-39-17-7-8-28-75(96)83-31-40-103-42-44-105-46-48-107-50-52-109-53-51-108-49-47-106-45-43-104-41-32-87-115(97,98)113-117(101,102)114-116(99,100)111-59-72-71(95)56-76(112-72)92-61-86-79-80(82)84-60-85-81(79)92;;/h9-16,20-27,29-30,35-36,54-55,60-61,64,71-72,76,95H,7-8,17-19,28,31-34,37-53,56-59H2,1-6H3,(H3-4,82,83,84,85,87,96,97,98,99,100,101,102);2*1H/p-1/t71?,72-,76-;;/m1../s1. The Kier molecular flexibility index (Phi) is 40.4. The van der Waals surface area contributed by atoms with Gasteiger partial charge in [-0.05, 0) is 72.5 Å². The van der Waals surface area contributed by atoms with E-state index in [9.17, 15) is 38.3 Å². The lowest BCUT2D eigenvalue weighted by Gasteiger charge is -2.37. The number of pyridine rings is 2.